The zero-order chi connectivity index (χ0) is 14.5. The van der Waals surface area contributed by atoms with E-state index in [9.17, 15) is 4.79 Å². The molecular formula is C15H24N2O2. The van der Waals surface area contributed by atoms with Crippen LogP contribution in [-0.4, -0.2) is 23.1 Å². The van der Waals surface area contributed by atoms with Crippen LogP contribution in [0.4, 0.5) is 5.82 Å². The number of carbonyl (C=O) groups is 1. The molecule has 1 rings (SSSR count). The molecule has 0 aliphatic heterocycles. The number of rotatable bonds is 5. The van der Waals surface area contributed by atoms with Gasteiger partial charge in [-0.1, -0.05) is 20.3 Å². The summed E-state index contributed by atoms with van der Waals surface area (Å²) in [6.07, 6.45) is 2.68. The number of carbonyl (C=O) groups excluding carboxylic acids is 1. The van der Waals surface area contributed by atoms with Crippen molar-refractivity contribution in [1.29, 1.82) is 0 Å². The van der Waals surface area contributed by atoms with Gasteiger partial charge in [-0.25, -0.2) is 9.78 Å². The minimum Gasteiger partial charge on any atom is -0.456 e. The number of esters is 1. The second kappa shape index (κ2) is 6.55. The van der Waals surface area contributed by atoms with Gasteiger partial charge in [0.1, 0.15) is 11.4 Å². The van der Waals surface area contributed by atoms with Crippen LogP contribution in [0.15, 0.2) is 18.3 Å². The summed E-state index contributed by atoms with van der Waals surface area (Å²) in [4.78, 5) is 16.0. The third-order valence-electron chi connectivity index (χ3n) is 2.73. The maximum atomic E-state index is 11.8. The highest BCUT2D eigenvalue weighted by atomic mass is 16.6. The molecule has 19 heavy (non-hydrogen) atoms. The molecule has 0 aliphatic carbocycles. The summed E-state index contributed by atoms with van der Waals surface area (Å²) in [5, 5.41) is 3.25. The standard InChI is InChI=1S/C15H24N2O2/c1-6-11(2)9-16-13-8-7-12(10-17-13)14(18)19-15(3,4)5/h7-8,10-11H,6,9H2,1-5H3,(H,16,17). The van der Waals surface area contributed by atoms with Gasteiger partial charge < -0.3 is 10.1 Å². The van der Waals surface area contributed by atoms with Crippen LogP contribution in [0.2, 0.25) is 0 Å². The number of nitrogens with one attached hydrogen (secondary N) is 1. The van der Waals surface area contributed by atoms with Gasteiger partial charge in [0.15, 0.2) is 0 Å². The van der Waals surface area contributed by atoms with Gasteiger partial charge in [-0.3, -0.25) is 0 Å². The first-order valence-corrected chi connectivity index (χ1v) is 6.75. The molecule has 0 bridgehead atoms. The molecule has 1 unspecified atom stereocenters. The summed E-state index contributed by atoms with van der Waals surface area (Å²) in [7, 11) is 0. The van der Waals surface area contributed by atoms with Crippen LogP contribution in [0.25, 0.3) is 0 Å². The SMILES string of the molecule is CCC(C)CNc1ccc(C(=O)OC(C)(C)C)cn1. The average molecular weight is 264 g/mol. The molecule has 0 saturated heterocycles. The molecule has 1 atom stereocenters. The zero-order valence-electron chi connectivity index (χ0n) is 12.5. The third kappa shape index (κ3) is 5.73. The lowest BCUT2D eigenvalue weighted by Gasteiger charge is -2.19. The number of ether oxygens (including phenoxy) is 1. The first kappa shape index (κ1) is 15.5. The second-order valence-corrected chi connectivity index (χ2v) is 5.83. The van der Waals surface area contributed by atoms with Crippen molar-refractivity contribution in [3.8, 4) is 0 Å². The van der Waals surface area contributed by atoms with Crippen molar-refractivity contribution in [2.45, 2.75) is 46.6 Å². The van der Waals surface area contributed by atoms with E-state index in [0.29, 0.717) is 11.5 Å². The highest BCUT2D eigenvalue weighted by Crippen LogP contribution is 2.13. The van der Waals surface area contributed by atoms with Gasteiger partial charge in [-0.05, 0) is 38.8 Å². The van der Waals surface area contributed by atoms with E-state index in [0.717, 1.165) is 18.8 Å². The predicted octanol–water partition coefficient (Wildman–Crippen LogP) is 3.49. The topological polar surface area (TPSA) is 51.2 Å². The fourth-order valence-corrected chi connectivity index (χ4v) is 1.38. The Morgan fingerprint density at radius 2 is 2.11 bits per heavy atom. The van der Waals surface area contributed by atoms with Crippen LogP contribution in [-0.2, 0) is 4.74 Å². The molecule has 4 nitrogen and oxygen atoms in total. The molecule has 4 heteroatoms. The number of hydrogen-bond acceptors (Lipinski definition) is 4. The Labute approximate surface area is 115 Å². The lowest BCUT2D eigenvalue weighted by Crippen LogP contribution is -2.24. The Kier molecular flexibility index (Phi) is 5.33. The first-order chi connectivity index (χ1) is 8.81. The summed E-state index contributed by atoms with van der Waals surface area (Å²) in [6.45, 7) is 10.8. The fourth-order valence-electron chi connectivity index (χ4n) is 1.38. The van der Waals surface area contributed by atoms with Gasteiger partial charge >= 0.3 is 5.97 Å². The molecule has 0 aliphatic rings. The largest absolute Gasteiger partial charge is 0.456 e. The molecule has 1 heterocycles. The molecule has 0 radical (unpaired) electrons. The van der Waals surface area contributed by atoms with E-state index < -0.39 is 5.60 Å². The molecule has 0 saturated carbocycles. The Balaban J connectivity index is 2.58. The summed E-state index contributed by atoms with van der Waals surface area (Å²) in [6, 6.07) is 3.54. The van der Waals surface area contributed by atoms with E-state index in [1.54, 1.807) is 12.3 Å². The highest BCUT2D eigenvalue weighted by molar-refractivity contribution is 5.89. The van der Waals surface area contributed by atoms with Gasteiger partial charge in [0.05, 0.1) is 5.56 Å². The monoisotopic (exact) mass is 264 g/mol. The van der Waals surface area contributed by atoms with Gasteiger partial charge in [0, 0.05) is 12.7 Å². The third-order valence-corrected chi connectivity index (χ3v) is 2.73. The van der Waals surface area contributed by atoms with Crippen LogP contribution in [0.3, 0.4) is 0 Å². The van der Waals surface area contributed by atoms with Crippen LogP contribution in [0.1, 0.15) is 51.4 Å². The van der Waals surface area contributed by atoms with Crippen molar-refractivity contribution in [1.82, 2.24) is 4.98 Å². The van der Waals surface area contributed by atoms with E-state index in [2.05, 4.69) is 24.1 Å². The van der Waals surface area contributed by atoms with Crippen molar-refractivity contribution in [3.63, 3.8) is 0 Å². The summed E-state index contributed by atoms with van der Waals surface area (Å²) < 4.78 is 5.28. The number of aromatic nitrogens is 1. The lowest BCUT2D eigenvalue weighted by atomic mass is 10.1. The molecule has 1 aromatic heterocycles. The number of hydrogen-bond donors (Lipinski definition) is 1. The zero-order valence-corrected chi connectivity index (χ0v) is 12.5. The maximum absolute atomic E-state index is 11.8. The minimum absolute atomic E-state index is 0.339. The van der Waals surface area contributed by atoms with Gasteiger partial charge in [-0.15, -0.1) is 0 Å². The Bertz CT molecular complexity index is 407. The minimum atomic E-state index is -0.482. The average Bonchev–Trinajstić information content (AvgIpc) is 2.34. The van der Waals surface area contributed by atoms with Crippen LogP contribution in [0.5, 0.6) is 0 Å². The molecular weight excluding hydrogens is 240 g/mol. The fraction of sp³-hybridized carbons (Fsp3) is 0.600. The van der Waals surface area contributed by atoms with E-state index in [1.807, 2.05) is 26.8 Å². The smallest absolute Gasteiger partial charge is 0.340 e. The molecule has 0 amide bonds. The van der Waals surface area contributed by atoms with Gasteiger partial charge in [-0.2, -0.15) is 0 Å². The normalized spacial score (nSPS) is 12.9. The van der Waals surface area contributed by atoms with Crippen molar-refractivity contribution in [2.75, 3.05) is 11.9 Å². The second-order valence-electron chi connectivity index (χ2n) is 5.83. The van der Waals surface area contributed by atoms with E-state index in [1.165, 1.54) is 0 Å². The van der Waals surface area contributed by atoms with Crippen molar-refractivity contribution in [3.05, 3.63) is 23.9 Å². The van der Waals surface area contributed by atoms with E-state index >= 15 is 0 Å². The molecule has 106 valence electrons. The molecule has 0 fully saturated rings. The molecule has 0 aromatic carbocycles. The van der Waals surface area contributed by atoms with Crippen LogP contribution >= 0.6 is 0 Å². The van der Waals surface area contributed by atoms with E-state index in [-0.39, 0.29) is 5.97 Å². The van der Waals surface area contributed by atoms with Crippen LogP contribution in [0, 0.1) is 5.92 Å². The lowest BCUT2D eigenvalue weighted by molar-refractivity contribution is 0.00691. The summed E-state index contributed by atoms with van der Waals surface area (Å²) in [5.41, 5.74) is -0.00564. The number of pyridine rings is 1. The van der Waals surface area contributed by atoms with Crippen molar-refractivity contribution < 1.29 is 9.53 Å². The van der Waals surface area contributed by atoms with Crippen LogP contribution < -0.4 is 5.32 Å². The molecule has 1 N–H and O–H groups in total. The number of anilines is 1. The predicted molar refractivity (Wildman–Crippen MR) is 77.4 cm³/mol. The summed E-state index contributed by atoms with van der Waals surface area (Å²) in [5.74, 6) is 1.05. The Morgan fingerprint density at radius 1 is 1.42 bits per heavy atom. The van der Waals surface area contributed by atoms with Crippen molar-refractivity contribution in [2.24, 2.45) is 5.92 Å². The molecule has 1 aromatic rings. The highest BCUT2D eigenvalue weighted by Gasteiger charge is 2.17. The van der Waals surface area contributed by atoms with Crippen molar-refractivity contribution >= 4 is 11.8 Å². The quantitative estimate of drug-likeness (QED) is 0.827. The molecule has 0 spiro atoms. The first-order valence-electron chi connectivity index (χ1n) is 6.75. The maximum Gasteiger partial charge on any atom is 0.340 e. The Hall–Kier alpha value is -1.58. The van der Waals surface area contributed by atoms with Gasteiger partial charge in [0.2, 0.25) is 0 Å². The number of nitrogens with zero attached hydrogens (tertiary/aromatic N) is 1. The van der Waals surface area contributed by atoms with E-state index in [4.69, 9.17) is 4.74 Å². The van der Waals surface area contributed by atoms with Gasteiger partial charge in [0.25, 0.3) is 0 Å². The Morgan fingerprint density at radius 3 is 2.58 bits per heavy atom. The summed E-state index contributed by atoms with van der Waals surface area (Å²) >= 11 is 0.